The van der Waals surface area contributed by atoms with Gasteiger partial charge < -0.3 is 10.8 Å². The van der Waals surface area contributed by atoms with E-state index in [2.05, 4.69) is 0 Å². The Bertz CT molecular complexity index is 1030. The predicted octanol–water partition coefficient (Wildman–Crippen LogP) is 5.18. The molecule has 0 heterocycles. The molecule has 0 aliphatic heterocycles. The van der Waals surface area contributed by atoms with Crippen molar-refractivity contribution in [3.8, 4) is 11.1 Å². The highest BCUT2D eigenvalue weighted by Gasteiger charge is 2.16. The fourth-order valence-corrected chi connectivity index (χ4v) is 2.90. The maximum atomic E-state index is 12.4. The molecule has 0 unspecified atom stereocenters. The molecule has 0 aliphatic carbocycles. The number of hydrogen-bond acceptors (Lipinski definition) is 3. The SMILES string of the molecule is Nc1c(C(=O)O)cc(Cl)cc1C(=O)/C=C/c1ccc(-c2ccccc2)cc1. The number of hydrogen-bond donors (Lipinski definition) is 2. The van der Waals surface area contributed by atoms with Crippen LogP contribution >= 0.6 is 11.6 Å². The average molecular weight is 378 g/mol. The highest BCUT2D eigenvalue weighted by Crippen LogP contribution is 2.25. The van der Waals surface area contributed by atoms with E-state index in [4.69, 9.17) is 22.4 Å². The van der Waals surface area contributed by atoms with Gasteiger partial charge in [-0.15, -0.1) is 0 Å². The van der Waals surface area contributed by atoms with Crippen LogP contribution in [0, 0.1) is 0 Å². The van der Waals surface area contributed by atoms with Gasteiger partial charge in [-0.2, -0.15) is 0 Å². The first kappa shape index (κ1) is 18.4. The number of nitrogen functional groups attached to an aromatic ring is 1. The van der Waals surface area contributed by atoms with Crippen LogP contribution in [0.5, 0.6) is 0 Å². The lowest BCUT2D eigenvalue weighted by molar-refractivity contribution is 0.0698. The molecule has 27 heavy (non-hydrogen) atoms. The second kappa shape index (κ2) is 7.89. The van der Waals surface area contributed by atoms with Crippen LogP contribution in [-0.4, -0.2) is 16.9 Å². The number of carbonyl (C=O) groups is 2. The zero-order valence-corrected chi connectivity index (χ0v) is 15.0. The fraction of sp³-hybridized carbons (Fsp3) is 0. The number of halogens is 1. The van der Waals surface area contributed by atoms with Gasteiger partial charge in [0.05, 0.1) is 11.3 Å². The summed E-state index contributed by atoms with van der Waals surface area (Å²) in [6, 6.07) is 20.3. The Morgan fingerprint density at radius 1 is 0.889 bits per heavy atom. The lowest BCUT2D eigenvalue weighted by atomic mass is 10.0. The lowest BCUT2D eigenvalue weighted by Gasteiger charge is -2.07. The second-order valence-corrected chi connectivity index (χ2v) is 6.34. The quantitative estimate of drug-likeness (QED) is 0.364. The third-order valence-corrected chi connectivity index (χ3v) is 4.30. The number of carbonyl (C=O) groups excluding carboxylic acids is 1. The number of carboxylic acid groups (broad SMARTS) is 1. The van der Waals surface area contributed by atoms with E-state index in [-0.39, 0.29) is 21.8 Å². The maximum absolute atomic E-state index is 12.4. The number of allylic oxidation sites excluding steroid dienone is 1. The number of benzene rings is 3. The first-order valence-electron chi connectivity index (χ1n) is 8.16. The van der Waals surface area contributed by atoms with Crippen molar-refractivity contribution in [3.63, 3.8) is 0 Å². The van der Waals surface area contributed by atoms with Crippen molar-refractivity contribution >= 4 is 35.1 Å². The Balaban J connectivity index is 1.82. The Morgan fingerprint density at radius 2 is 1.48 bits per heavy atom. The molecule has 0 bridgehead atoms. The summed E-state index contributed by atoms with van der Waals surface area (Å²) in [6.07, 6.45) is 3.00. The molecule has 3 N–H and O–H groups in total. The minimum atomic E-state index is -1.23. The minimum Gasteiger partial charge on any atom is -0.478 e. The van der Waals surface area contributed by atoms with Gasteiger partial charge in [0.25, 0.3) is 0 Å². The van der Waals surface area contributed by atoms with Gasteiger partial charge in [-0.05, 0) is 34.9 Å². The largest absolute Gasteiger partial charge is 0.478 e. The van der Waals surface area contributed by atoms with E-state index >= 15 is 0 Å². The van der Waals surface area contributed by atoms with Gasteiger partial charge in [-0.1, -0.05) is 72.3 Å². The molecular weight excluding hydrogens is 362 g/mol. The smallest absolute Gasteiger partial charge is 0.337 e. The Kier molecular flexibility index (Phi) is 5.38. The van der Waals surface area contributed by atoms with Gasteiger partial charge in [0.2, 0.25) is 0 Å². The number of anilines is 1. The van der Waals surface area contributed by atoms with E-state index in [9.17, 15) is 9.59 Å². The van der Waals surface area contributed by atoms with E-state index in [1.54, 1.807) is 6.08 Å². The van der Waals surface area contributed by atoms with Crippen LogP contribution in [0.4, 0.5) is 5.69 Å². The van der Waals surface area contributed by atoms with Crippen molar-refractivity contribution in [2.24, 2.45) is 0 Å². The molecule has 134 valence electrons. The number of aromatic carboxylic acids is 1. The van der Waals surface area contributed by atoms with Crippen molar-refractivity contribution in [3.05, 3.63) is 94.5 Å². The summed E-state index contributed by atoms with van der Waals surface area (Å²) >= 11 is 5.91. The van der Waals surface area contributed by atoms with E-state index in [1.807, 2.05) is 54.6 Å². The summed E-state index contributed by atoms with van der Waals surface area (Å²) in [5.74, 6) is -1.64. The topological polar surface area (TPSA) is 80.4 Å². The van der Waals surface area contributed by atoms with Crippen LogP contribution in [0.25, 0.3) is 17.2 Å². The van der Waals surface area contributed by atoms with Crippen molar-refractivity contribution in [2.75, 3.05) is 5.73 Å². The highest BCUT2D eigenvalue weighted by atomic mass is 35.5. The molecule has 0 fully saturated rings. The molecule has 4 nitrogen and oxygen atoms in total. The maximum Gasteiger partial charge on any atom is 0.337 e. The molecular formula is C22H16ClNO3. The van der Waals surface area contributed by atoms with Gasteiger partial charge in [0.1, 0.15) is 0 Å². The monoisotopic (exact) mass is 377 g/mol. The molecule has 0 saturated heterocycles. The summed E-state index contributed by atoms with van der Waals surface area (Å²) in [5.41, 5.74) is 8.61. The van der Waals surface area contributed by atoms with Crippen molar-refractivity contribution in [2.45, 2.75) is 0 Å². The number of rotatable bonds is 5. The summed E-state index contributed by atoms with van der Waals surface area (Å²) in [4.78, 5) is 23.6. The zero-order valence-electron chi connectivity index (χ0n) is 14.2. The summed E-state index contributed by atoms with van der Waals surface area (Å²) in [7, 11) is 0. The van der Waals surface area contributed by atoms with Gasteiger partial charge in [-0.3, -0.25) is 4.79 Å². The minimum absolute atomic E-state index is 0.0667. The highest BCUT2D eigenvalue weighted by molar-refractivity contribution is 6.32. The third-order valence-electron chi connectivity index (χ3n) is 4.09. The molecule has 0 aliphatic rings. The van der Waals surface area contributed by atoms with Gasteiger partial charge >= 0.3 is 5.97 Å². The van der Waals surface area contributed by atoms with Crippen LogP contribution in [0.2, 0.25) is 5.02 Å². The van der Waals surface area contributed by atoms with E-state index in [1.165, 1.54) is 18.2 Å². The molecule has 3 aromatic rings. The molecule has 3 aromatic carbocycles. The summed E-state index contributed by atoms with van der Waals surface area (Å²) < 4.78 is 0. The van der Waals surface area contributed by atoms with E-state index in [0.29, 0.717) is 0 Å². The van der Waals surface area contributed by atoms with Gasteiger partial charge in [-0.25, -0.2) is 4.79 Å². The predicted molar refractivity (Wildman–Crippen MR) is 108 cm³/mol. The lowest BCUT2D eigenvalue weighted by Crippen LogP contribution is -2.08. The summed E-state index contributed by atoms with van der Waals surface area (Å²) in [6.45, 7) is 0. The average Bonchev–Trinajstić information content (AvgIpc) is 2.68. The number of nitrogens with two attached hydrogens (primary N) is 1. The molecule has 0 aromatic heterocycles. The van der Waals surface area contributed by atoms with Crippen LogP contribution in [0.15, 0.2) is 72.8 Å². The van der Waals surface area contributed by atoms with Crippen LogP contribution in [0.3, 0.4) is 0 Å². The van der Waals surface area contributed by atoms with Gasteiger partial charge in [0.15, 0.2) is 5.78 Å². The molecule has 0 atom stereocenters. The fourth-order valence-electron chi connectivity index (χ4n) is 2.68. The summed E-state index contributed by atoms with van der Waals surface area (Å²) in [5, 5.41) is 9.30. The molecule has 0 radical (unpaired) electrons. The van der Waals surface area contributed by atoms with E-state index in [0.717, 1.165) is 16.7 Å². The molecule has 3 rings (SSSR count). The van der Waals surface area contributed by atoms with Crippen LogP contribution < -0.4 is 5.73 Å². The van der Waals surface area contributed by atoms with Crippen molar-refractivity contribution in [1.82, 2.24) is 0 Å². The van der Waals surface area contributed by atoms with Crippen molar-refractivity contribution in [1.29, 1.82) is 0 Å². The molecule has 5 heteroatoms. The van der Waals surface area contributed by atoms with Crippen molar-refractivity contribution < 1.29 is 14.7 Å². The molecule has 0 spiro atoms. The molecule has 0 saturated carbocycles. The van der Waals surface area contributed by atoms with Crippen LogP contribution in [-0.2, 0) is 0 Å². The number of carboxylic acids is 1. The normalized spacial score (nSPS) is 10.9. The first-order valence-corrected chi connectivity index (χ1v) is 8.53. The second-order valence-electron chi connectivity index (χ2n) is 5.91. The third kappa shape index (κ3) is 4.25. The zero-order chi connectivity index (χ0) is 19.4. The number of ketones is 1. The standard InChI is InChI=1S/C22H16ClNO3/c23-17-12-18(21(24)19(13-17)22(26)27)20(25)11-8-14-6-9-16(10-7-14)15-4-2-1-3-5-15/h1-13H,24H2,(H,26,27)/b11-8+. The van der Waals surface area contributed by atoms with Crippen LogP contribution in [0.1, 0.15) is 26.3 Å². The Morgan fingerprint density at radius 3 is 2.11 bits per heavy atom. The Hall–Kier alpha value is -3.37. The van der Waals surface area contributed by atoms with Gasteiger partial charge in [0, 0.05) is 10.6 Å². The molecule has 0 amide bonds. The first-order chi connectivity index (χ1) is 13.0. The Labute approximate surface area is 161 Å². The van der Waals surface area contributed by atoms with E-state index < -0.39 is 11.8 Å².